The summed E-state index contributed by atoms with van der Waals surface area (Å²) < 4.78 is 33.6. The Balaban J connectivity index is 2.26. The number of esters is 1. The zero-order valence-corrected chi connectivity index (χ0v) is 15.9. The van der Waals surface area contributed by atoms with Crippen LogP contribution in [0.4, 0.5) is 8.78 Å². The van der Waals surface area contributed by atoms with E-state index in [1.165, 1.54) is 18.2 Å². The lowest BCUT2D eigenvalue weighted by molar-refractivity contribution is -0.154. The molecule has 0 saturated carbocycles. The number of hydrogen-bond acceptors (Lipinski definition) is 3. The van der Waals surface area contributed by atoms with Crippen LogP contribution in [0.2, 0.25) is 5.15 Å². The number of nitrogens with zero attached hydrogens (tertiary/aromatic N) is 1. The fourth-order valence-corrected chi connectivity index (χ4v) is 2.71. The molecule has 1 aromatic heterocycles. The van der Waals surface area contributed by atoms with Crippen molar-refractivity contribution in [2.75, 3.05) is 6.61 Å². The quantitative estimate of drug-likeness (QED) is 0.356. The standard InChI is InChI=1S/C20H22ClF2NO2/c1-4-5-10-26-19(25)20(2,3)12-13-6-7-15(22)14(11-13)18-16(23)8-9-17(21)24-18/h6-9,11H,4-5,10,12H2,1-3H3. The number of hydrogen-bond donors (Lipinski definition) is 0. The van der Waals surface area contributed by atoms with E-state index in [0.717, 1.165) is 18.9 Å². The lowest BCUT2D eigenvalue weighted by Crippen LogP contribution is -2.29. The van der Waals surface area contributed by atoms with E-state index in [1.807, 2.05) is 6.92 Å². The molecule has 0 amide bonds. The van der Waals surface area contributed by atoms with Crippen molar-refractivity contribution in [2.24, 2.45) is 5.41 Å². The highest BCUT2D eigenvalue weighted by Gasteiger charge is 2.30. The molecule has 0 fully saturated rings. The first-order valence-corrected chi connectivity index (χ1v) is 8.90. The molecule has 0 aliphatic heterocycles. The molecular weight excluding hydrogens is 360 g/mol. The summed E-state index contributed by atoms with van der Waals surface area (Å²) >= 11 is 5.81. The third kappa shape index (κ3) is 5.01. The highest BCUT2D eigenvalue weighted by atomic mass is 35.5. The number of halogens is 3. The van der Waals surface area contributed by atoms with E-state index in [0.29, 0.717) is 18.6 Å². The minimum absolute atomic E-state index is 0.0117. The van der Waals surface area contributed by atoms with Gasteiger partial charge in [0.2, 0.25) is 0 Å². The van der Waals surface area contributed by atoms with Crippen LogP contribution < -0.4 is 0 Å². The smallest absolute Gasteiger partial charge is 0.311 e. The molecule has 0 atom stereocenters. The molecule has 0 aliphatic carbocycles. The van der Waals surface area contributed by atoms with Crippen LogP contribution in [0.25, 0.3) is 11.3 Å². The molecule has 0 bridgehead atoms. The Bertz CT molecular complexity index is 793. The van der Waals surface area contributed by atoms with Crippen molar-refractivity contribution in [2.45, 2.75) is 40.0 Å². The molecule has 0 spiro atoms. The monoisotopic (exact) mass is 381 g/mol. The average Bonchev–Trinajstić information content (AvgIpc) is 2.59. The summed E-state index contributed by atoms with van der Waals surface area (Å²) in [4.78, 5) is 16.2. The normalized spacial score (nSPS) is 11.5. The second kappa shape index (κ2) is 8.58. The van der Waals surface area contributed by atoms with Crippen LogP contribution in [0.15, 0.2) is 30.3 Å². The zero-order chi connectivity index (χ0) is 19.3. The number of benzene rings is 1. The summed E-state index contributed by atoms with van der Waals surface area (Å²) in [5, 5.41) is 0.0750. The predicted molar refractivity (Wildman–Crippen MR) is 98.0 cm³/mol. The molecule has 2 rings (SSSR count). The number of unbranched alkanes of at least 4 members (excludes halogenated alkanes) is 1. The van der Waals surface area contributed by atoms with Gasteiger partial charge in [-0.1, -0.05) is 31.0 Å². The fraction of sp³-hybridized carbons (Fsp3) is 0.400. The highest BCUT2D eigenvalue weighted by molar-refractivity contribution is 6.29. The molecule has 0 aliphatic rings. The number of aromatic nitrogens is 1. The van der Waals surface area contributed by atoms with Crippen molar-refractivity contribution < 1.29 is 18.3 Å². The number of pyridine rings is 1. The van der Waals surface area contributed by atoms with Gasteiger partial charge in [0.25, 0.3) is 0 Å². The summed E-state index contributed by atoms with van der Waals surface area (Å²) in [6.07, 6.45) is 2.07. The Labute approximate surface area is 157 Å². The number of ether oxygens (including phenoxy) is 1. The highest BCUT2D eigenvalue weighted by Crippen LogP contribution is 2.30. The van der Waals surface area contributed by atoms with E-state index < -0.39 is 17.0 Å². The average molecular weight is 382 g/mol. The summed E-state index contributed by atoms with van der Waals surface area (Å²) in [6, 6.07) is 6.76. The molecular formula is C20H22ClF2NO2. The van der Waals surface area contributed by atoms with Crippen molar-refractivity contribution in [1.29, 1.82) is 0 Å². The van der Waals surface area contributed by atoms with Crippen LogP contribution in [-0.4, -0.2) is 17.6 Å². The van der Waals surface area contributed by atoms with Gasteiger partial charge in [-0.25, -0.2) is 13.8 Å². The van der Waals surface area contributed by atoms with Crippen LogP contribution in [0.5, 0.6) is 0 Å². The van der Waals surface area contributed by atoms with Crippen molar-refractivity contribution in [1.82, 2.24) is 4.98 Å². The van der Waals surface area contributed by atoms with Crippen LogP contribution >= 0.6 is 11.6 Å². The minimum atomic E-state index is -0.789. The largest absolute Gasteiger partial charge is 0.465 e. The summed E-state index contributed by atoms with van der Waals surface area (Å²) in [6.45, 7) is 5.93. The molecule has 2 aromatic rings. The van der Waals surface area contributed by atoms with Gasteiger partial charge in [-0.05, 0) is 56.5 Å². The summed E-state index contributed by atoms with van der Waals surface area (Å²) in [7, 11) is 0. The van der Waals surface area contributed by atoms with Gasteiger partial charge in [0.05, 0.1) is 12.0 Å². The van der Waals surface area contributed by atoms with Gasteiger partial charge in [-0.2, -0.15) is 0 Å². The predicted octanol–water partition coefficient (Wildman–Crippen LogP) is 5.59. The molecule has 1 aromatic carbocycles. The molecule has 1 heterocycles. The SMILES string of the molecule is CCCCOC(=O)C(C)(C)Cc1ccc(F)c(-c2nc(Cl)ccc2F)c1. The van der Waals surface area contributed by atoms with Gasteiger partial charge in [0.15, 0.2) is 0 Å². The van der Waals surface area contributed by atoms with Crippen molar-refractivity contribution in [3.63, 3.8) is 0 Å². The number of carbonyl (C=O) groups excluding carboxylic acids is 1. The third-order valence-corrected chi connectivity index (χ3v) is 4.24. The second-order valence-corrected chi connectivity index (χ2v) is 7.22. The summed E-state index contributed by atoms with van der Waals surface area (Å²) in [5.74, 6) is -1.58. The Morgan fingerprint density at radius 1 is 1.19 bits per heavy atom. The molecule has 0 unspecified atom stereocenters. The van der Waals surface area contributed by atoms with Gasteiger partial charge in [-0.3, -0.25) is 4.79 Å². The Morgan fingerprint density at radius 2 is 1.88 bits per heavy atom. The fourth-order valence-electron chi connectivity index (χ4n) is 2.56. The molecule has 140 valence electrons. The van der Waals surface area contributed by atoms with E-state index in [4.69, 9.17) is 16.3 Å². The van der Waals surface area contributed by atoms with E-state index in [-0.39, 0.29) is 22.4 Å². The van der Waals surface area contributed by atoms with Crippen molar-refractivity contribution >= 4 is 17.6 Å². The topological polar surface area (TPSA) is 39.2 Å². The number of carbonyl (C=O) groups is 1. The Morgan fingerprint density at radius 3 is 2.58 bits per heavy atom. The van der Waals surface area contributed by atoms with Gasteiger partial charge in [0.1, 0.15) is 22.5 Å². The van der Waals surface area contributed by atoms with Crippen LogP contribution in [0.3, 0.4) is 0 Å². The van der Waals surface area contributed by atoms with E-state index in [1.54, 1.807) is 19.9 Å². The first-order valence-electron chi connectivity index (χ1n) is 8.52. The van der Waals surface area contributed by atoms with Gasteiger partial charge >= 0.3 is 5.97 Å². The first-order chi connectivity index (χ1) is 12.2. The lowest BCUT2D eigenvalue weighted by atomic mass is 9.85. The van der Waals surface area contributed by atoms with Gasteiger partial charge < -0.3 is 4.74 Å². The Kier molecular flexibility index (Phi) is 6.70. The van der Waals surface area contributed by atoms with E-state index >= 15 is 0 Å². The van der Waals surface area contributed by atoms with Crippen molar-refractivity contribution in [3.8, 4) is 11.3 Å². The first kappa shape index (κ1) is 20.3. The van der Waals surface area contributed by atoms with E-state index in [2.05, 4.69) is 4.98 Å². The molecule has 0 saturated heterocycles. The minimum Gasteiger partial charge on any atom is -0.465 e. The zero-order valence-electron chi connectivity index (χ0n) is 15.1. The van der Waals surface area contributed by atoms with Crippen LogP contribution in [0.1, 0.15) is 39.2 Å². The maximum atomic E-state index is 14.2. The van der Waals surface area contributed by atoms with Gasteiger partial charge in [0, 0.05) is 5.56 Å². The molecule has 0 N–H and O–H groups in total. The van der Waals surface area contributed by atoms with Crippen molar-refractivity contribution in [3.05, 3.63) is 52.7 Å². The van der Waals surface area contributed by atoms with E-state index in [9.17, 15) is 13.6 Å². The Hall–Kier alpha value is -2.01. The van der Waals surface area contributed by atoms with Crippen LogP contribution in [0, 0.1) is 17.0 Å². The molecule has 6 heteroatoms. The lowest BCUT2D eigenvalue weighted by Gasteiger charge is -2.23. The molecule has 26 heavy (non-hydrogen) atoms. The third-order valence-electron chi connectivity index (χ3n) is 4.03. The maximum Gasteiger partial charge on any atom is 0.311 e. The van der Waals surface area contributed by atoms with Crippen LogP contribution in [-0.2, 0) is 16.0 Å². The maximum absolute atomic E-state index is 14.2. The molecule has 3 nitrogen and oxygen atoms in total. The molecule has 0 radical (unpaired) electrons. The van der Waals surface area contributed by atoms with Gasteiger partial charge in [-0.15, -0.1) is 0 Å². The number of rotatable bonds is 7. The second-order valence-electron chi connectivity index (χ2n) is 6.83. The summed E-state index contributed by atoms with van der Waals surface area (Å²) in [5.41, 5.74) is -0.249.